The quantitative estimate of drug-likeness (QED) is 0.753. The Morgan fingerprint density at radius 3 is 2.27 bits per heavy atom. The van der Waals surface area contributed by atoms with Crippen LogP contribution in [0.5, 0.6) is 0 Å². The van der Waals surface area contributed by atoms with Crippen LogP contribution >= 0.6 is 0 Å². The van der Waals surface area contributed by atoms with Crippen molar-refractivity contribution >= 4 is 0 Å². The number of piperidine rings is 1. The van der Waals surface area contributed by atoms with Crippen LogP contribution in [0.3, 0.4) is 0 Å². The highest BCUT2D eigenvalue weighted by molar-refractivity contribution is 5.80. The minimum Gasteiger partial charge on any atom is -0.381 e. The van der Waals surface area contributed by atoms with E-state index in [0.29, 0.717) is 6.10 Å². The van der Waals surface area contributed by atoms with Crippen molar-refractivity contribution in [2.45, 2.75) is 25.9 Å². The van der Waals surface area contributed by atoms with Gasteiger partial charge in [0, 0.05) is 30.6 Å². The number of aromatic amines is 1. The van der Waals surface area contributed by atoms with Gasteiger partial charge in [0.25, 0.3) is 0 Å². The Labute approximate surface area is 154 Å². The van der Waals surface area contributed by atoms with Crippen molar-refractivity contribution in [1.29, 1.82) is 0 Å². The summed E-state index contributed by atoms with van der Waals surface area (Å²) < 4.78 is 5.15. The number of aryl methyl sites for hydroxylation is 1. The lowest BCUT2D eigenvalue weighted by Gasteiger charge is -2.20. The Bertz CT molecular complexity index is 777. The van der Waals surface area contributed by atoms with Crippen LogP contribution in [-0.2, 0) is 4.74 Å². The standard InChI is InChI=1S/C15H13N3.C6H13NO/c1-11-2-4-13(5-3-11)15-14(10-17-18-15)12-6-8-16-9-7-12;1-8-6-2-4-7-5-3-6/h2-10H,1H3,(H,17,18);6-7H,2-5H2,1H3. The first-order valence-corrected chi connectivity index (χ1v) is 9.02. The number of pyridine rings is 1. The average Bonchev–Trinajstić information content (AvgIpc) is 3.20. The van der Waals surface area contributed by atoms with E-state index in [4.69, 9.17) is 4.74 Å². The summed E-state index contributed by atoms with van der Waals surface area (Å²) in [5, 5.41) is 10.5. The maximum absolute atomic E-state index is 5.15. The molecule has 0 aliphatic carbocycles. The highest BCUT2D eigenvalue weighted by Crippen LogP contribution is 2.29. The maximum Gasteiger partial charge on any atom is 0.0728 e. The van der Waals surface area contributed by atoms with E-state index in [0.717, 1.165) is 35.5 Å². The lowest BCUT2D eigenvalue weighted by Crippen LogP contribution is -2.31. The van der Waals surface area contributed by atoms with Gasteiger partial charge in [-0.1, -0.05) is 29.8 Å². The Balaban J connectivity index is 0.000000206. The third kappa shape index (κ3) is 4.77. The molecule has 0 saturated carbocycles. The lowest BCUT2D eigenvalue weighted by atomic mass is 10.0. The molecule has 0 spiro atoms. The largest absolute Gasteiger partial charge is 0.381 e. The van der Waals surface area contributed by atoms with Crippen molar-refractivity contribution in [2.75, 3.05) is 20.2 Å². The van der Waals surface area contributed by atoms with Crippen LogP contribution in [0.1, 0.15) is 18.4 Å². The predicted molar refractivity (Wildman–Crippen MR) is 105 cm³/mol. The Kier molecular flexibility index (Phi) is 6.52. The molecule has 5 nitrogen and oxygen atoms in total. The minimum atomic E-state index is 0.524. The molecule has 1 saturated heterocycles. The van der Waals surface area contributed by atoms with Gasteiger partial charge in [-0.15, -0.1) is 0 Å². The first-order valence-electron chi connectivity index (χ1n) is 9.02. The summed E-state index contributed by atoms with van der Waals surface area (Å²) in [6.07, 6.45) is 8.32. The van der Waals surface area contributed by atoms with Crippen molar-refractivity contribution in [3.05, 3.63) is 60.6 Å². The number of benzene rings is 1. The van der Waals surface area contributed by atoms with E-state index in [1.165, 1.54) is 18.4 Å². The SMILES string of the molecule is COC1CCNCC1.Cc1ccc(-c2[nH]ncc2-c2ccncc2)cc1. The number of aromatic nitrogens is 3. The molecular formula is C21H26N4O. The summed E-state index contributed by atoms with van der Waals surface area (Å²) >= 11 is 0. The first-order chi connectivity index (χ1) is 12.8. The number of H-pyrrole nitrogens is 1. The van der Waals surface area contributed by atoms with E-state index in [2.05, 4.69) is 51.7 Å². The van der Waals surface area contributed by atoms with E-state index in [1.807, 2.05) is 18.3 Å². The van der Waals surface area contributed by atoms with E-state index in [-0.39, 0.29) is 0 Å². The fraction of sp³-hybridized carbons (Fsp3) is 0.333. The number of rotatable bonds is 3. The zero-order chi connectivity index (χ0) is 18.2. The molecule has 3 heterocycles. The summed E-state index contributed by atoms with van der Waals surface area (Å²) in [7, 11) is 1.79. The molecule has 26 heavy (non-hydrogen) atoms. The fourth-order valence-electron chi connectivity index (χ4n) is 3.01. The summed E-state index contributed by atoms with van der Waals surface area (Å²) in [5.74, 6) is 0. The normalized spacial score (nSPS) is 14.5. The molecular weight excluding hydrogens is 324 g/mol. The summed E-state index contributed by atoms with van der Waals surface area (Å²) in [5.41, 5.74) is 5.66. The fourth-order valence-corrected chi connectivity index (χ4v) is 3.01. The zero-order valence-electron chi connectivity index (χ0n) is 15.4. The highest BCUT2D eigenvalue weighted by atomic mass is 16.5. The molecule has 1 aromatic carbocycles. The molecule has 136 valence electrons. The van der Waals surface area contributed by atoms with Crippen molar-refractivity contribution in [3.63, 3.8) is 0 Å². The van der Waals surface area contributed by atoms with Crippen LogP contribution < -0.4 is 5.32 Å². The van der Waals surface area contributed by atoms with Crippen molar-refractivity contribution in [3.8, 4) is 22.4 Å². The molecule has 0 atom stereocenters. The molecule has 0 amide bonds. The number of hydrogen-bond acceptors (Lipinski definition) is 4. The number of nitrogens with one attached hydrogen (secondary N) is 2. The Morgan fingerprint density at radius 2 is 1.65 bits per heavy atom. The summed E-state index contributed by atoms with van der Waals surface area (Å²) in [6, 6.07) is 12.4. The maximum atomic E-state index is 5.15. The van der Waals surface area contributed by atoms with Crippen LogP contribution in [0.25, 0.3) is 22.4 Å². The number of nitrogens with zero attached hydrogens (tertiary/aromatic N) is 2. The van der Waals surface area contributed by atoms with Gasteiger partial charge in [-0.25, -0.2) is 0 Å². The van der Waals surface area contributed by atoms with Gasteiger partial charge in [0.15, 0.2) is 0 Å². The monoisotopic (exact) mass is 350 g/mol. The summed E-state index contributed by atoms with van der Waals surface area (Å²) in [4.78, 5) is 4.04. The first kappa shape index (κ1) is 18.3. The number of ether oxygens (including phenoxy) is 1. The second-order valence-electron chi connectivity index (χ2n) is 6.45. The zero-order valence-corrected chi connectivity index (χ0v) is 15.4. The Morgan fingerprint density at radius 1 is 0.962 bits per heavy atom. The third-order valence-electron chi connectivity index (χ3n) is 4.59. The Hall–Kier alpha value is -2.50. The van der Waals surface area contributed by atoms with E-state index in [9.17, 15) is 0 Å². The van der Waals surface area contributed by atoms with Gasteiger partial charge in [-0.3, -0.25) is 10.1 Å². The van der Waals surface area contributed by atoms with Gasteiger partial charge in [-0.2, -0.15) is 5.10 Å². The molecule has 3 aromatic rings. The summed E-state index contributed by atoms with van der Waals surface area (Å²) in [6.45, 7) is 4.33. The van der Waals surface area contributed by atoms with E-state index < -0.39 is 0 Å². The average molecular weight is 350 g/mol. The molecule has 0 unspecified atom stereocenters. The molecule has 0 bridgehead atoms. The van der Waals surface area contributed by atoms with Gasteiger partial charge in [0.1, 0.15) is 0 Å². The molecule has 2 aromatic heterocycles. The molecule has 2 N–H and O–H groups in total. The van der Waals surface area contributed by atoms with Gasteiger partial charge in [0.05, 0.1) is 18.0 Å². The van der Waals surface area contributed by atoms with Gasteiger partial charge >= 0.3 is 0 Å². The van der Waals surface area contributed by atoms with E-state index in [1.54, 1.807) is 19.5 Å². The number of hydrogen-bond donors (Lipinski definition) is 2. The van der Waals surface area contributed by atoms with Crippen LogP contribution in [0, 0.1) is 6.92 Å². The second-order valence-corrected chi connectivity index (χ2v) is 6.45. The third-order valence-corrected chi connectivity index (χ3v) is 4.59. The minimum absolute atomic E-state index is 0.524. The van der Waals surface area contributed by atoms with Crippen LogP contribution in [0.4, 0.5) is 0 Å². The molecule has 5 heteroatoms. The molecule has 1 fully saturated rings. The van der Waals surface area contributed by atoms with Crippen LogP contribution in [0.15, 0.2) is 55.0 Å². The van der Waals surface area contributed by atoms with Gasteiger partial charge in [0.2, 0.25) is 0 Å². The van der Waals surface area contributed by atoms with Crippen molar-refractivity contribution in [1.82, 2.24) is 20.5 Å². The smallest absolute Gasteiger partial charge is 0.0728 e. The predicted octanol–water partition coefficient (Wildman–Crippen LogP) is 3.83. The topological polar surface area (TPSA) is 62.8 Å². The molecule has 1 aliphatic heterocycles. The molecule has 0 radical (unpaired) electrons. The lowest BCUT2D eigenvalue weighted by molar-refractivity contribution is 0.0765. The van der Waals surface area contributed by atoms with Gasteiger partial charge in [-0.05, 0) is 50.6 Å². The molecule has 1 aliphatic rings. The van der Waals surface area contributed by atoms with Crippen molar-refractivity contribution < 1.29 is 4.74 Å². The second kappa shape index (κ2) is 9.27. The molecule has 4 rings (SSSR count). The van der Waals surface area contributed by atoms with Gasteiger partial charge < -0.3 is 10.1 Å². The number of methoxy groups -OCH3 is 1. The van der Waals surface area contributed by atoms with E-state index >= 15 is 0 Å². The highest BCUT2D eigenvalue weighted by Gasteiger charge is 2.10. The van der Waals surface area contributed by atoms with Crippen LogP contribution in [-0.4, -0.2) is 41.5 Å². The van der Waals surface area contributed by atoms with Crippen LogP contribution in [0.2, 0.25) is 0 Å². The van der Waals surface area contributed by atoms with Crippen molar-refractivity contribution in [2.24, 2.45) is 0 Å².